The molecule has 0 bridgehead atoms. The second-order valence-electron chi connectivity index (χ2n) is 10.0. The Morgan fingerprint density at radius 1 is 0.953 bits per heavy atom. The number of carbonyl (C=O) groups excluding carboxylic acids is 2. The Morgan fingerprint density at radius 2 is 1.72 bits per heavy atom. The molecule has 4 heterocycles. The highest BCUT2D eigenvalue weighted by Gasteiger charge is 2.48. The zero-order chi connectivity index (χ0) is 29.7. The van der Waals surface area contributed by atoms with E-state index >= 15 is 0 Å². The van der Waals surface area contributed by atoms with Crippen LogP contribution in [0.15, 0.2) is 101 Å². The molecule has 1 atom stereocenters. The van der Waals surface area contributed by atoms with Gasteiger partial charge in [0.05, 0.1) is 17.3 Å². The number of aromatic nitrogens is 4. The van der Waals surface area contributed by atoms with E-state index in [9.17, 15) is 19.8 Å². The molecule has 9 nitrogen and oxygen atoms in total. The molecule has 1 aliphatic rings. The molecule has 1 unspecified atom stereocenters. The summed E-state index contributed by atoms with van der Waals surface area (Å²) in [4.78, 5) is 33.0. The van der Waals surface area contributed by atoms with Crippen LogP contribution in [0.2, 0.25) is 0 Å². The number of imidazole rings is 1. The van der Waals surface area contributed by atoms with Gasteiger partial charge in [-0.25, -0.2) is 4.98 Å². The lowest BCUT2D eigenvalue weighted by molar-refractivity contribution is -0.132. The van der Waals surface area contributed by atoms with E-state index < -0.39 is 17.7 Å². The molecule has 43 heavy (non-hydrogen) atoms. The van der Waals surface area contributed by atoms with Crippen LogP contribution in [0.4, 0.5) is 5.13 Å². The predicted octanol–water partition coefficient (Wildman–Crippen LogP) is 6.27. The first-order valence-corrected chi connectivity index (χ1v) is 15.2. The summed E-state index contributed by atoms with van der Waals surface area (Å²) in [6.07, 6.45) is 1.74. The number of amides is 1. The lowest BCUT2D eigenvalue weighted by Gasteiger charge is -2.22. The Labute approximate surface area is 253 Å². The van der Waals surface area contributed by atoms with E-state index in [0.29, 0.717) is 32.7 Å². The van der Waals surface area contributed by atoms with E-state index in [4.69, 9.17) is 0 Å². The highest BCUT2D eigenvalue weighted by Crippen LogP contribution is 2.44. The van der Waals surface area contributed by atoms with Crippen molar-refractivity contribution >= 4 is 62.1 Å². The van der Waals surface area contributed by atoms with Crippen molar-refractivity contribution in [2.45, 2.75) is 23.1 Å². The fourth-order valence-corrected chi connectivity index (χ4v) is 7.32. The number of carbonyl (C=O) groups is 2. The van der Waals surface area contributed by atoms with Gasteiger partial charge in [-0.15, -0.1) is 10.2 Å². The molecule has 11 heteroatoms. The lowest BCUT2D eigenvalue weighted by atomic mass is 9.96. The zero-order valence-electron chi connectivity index (χ0n) is 22.7. The van der Waals surface area contributed by atoms with E-state index in [1.807, 2.05) is 24.3 Å². The summed E-state index contributed by atoms with van der Waals surface area (Å²) >= 11 is 2.69. The summed E-state index contributed by atoms with van der Waals surface area (Å²) < 4.78 is 2.31. The Balaban J connectivity index is 1.29. The van der Waals surface area contributed by atoms with Crippen molar-refractivity contribution < 1.29 is 19.8 Å². The number of Topliss-reactive ketones (excluding diaryl/α,β-unsaturated/α-hetero) is 1. The highest BCUT2D eigenvalue weighted by atomic mass is 32.2. The van der Waals surface area contributed by atoms with Crippen LogP contribution in [0.5, 0.6) is 5.75 Å². The summed E-state index contributed by atoms with van der Waals surface area (Å²) in [7, 11) is 0. The van der Waals surface area contributed by atoms with Gasteiger partial charge in [0.1, 0.15) is 17.1 Å². The maximum atomic E-state index is 13.6. The Hall–Kier alpha value is -5.00. The number of benzene rings is 3. The molecule has 7 rings (SSSR count). The first-order valence-electron chi connectivity index (χ1n) is 13.4. The van der Waals surface area contributed by atoms with Gasteiger partial charge in [0, 0.05) is 11.9 Å². The molecule has 0 spiro atoms. The minimum atomic E-state index is -1.00. The third-order valence-corrected chi connectivity index (χ3v) is 9.52. The fourth-order valence-electron chi connectivity index (χ4n) is 5.44. The topological polar surface area (TPSA) is 121 Å². The minimum absolute atomic E-state index is 0.0290. The van der Waals surface area contributed by atoms with Crippen LogP contribution in [0.3, 0.4) is 0 Å². The molecule has 0 radical (unpaired) electrons. The van der Waals surface area contributed by atoms with Crippen LogP contribution in [0.25, 0.3) is 22.2 Å². The van der Waals surface area contributed by atoms with E-state index in [2.05, 4.69) is 39.4 Å². The Morgan fingerprint density at radius 3 is 2.56 bits per heavy atom. The third-order valence-electron chi connectivity index (χ3n) is 7.41. The number of pyridine rings is 1. The lowest BCUT2D eigenvalue weighted by Crippen LogP contribution is -2.29. The minimum Gasteiger partial charge on any atom is -0.508 e. The SMILES string of the molecule is Cc1nc2ccccn2c1C(O)=C1C(=O)C(=O)N(c2nnc(SCc3cccc4ccccc34)s2)C1c1ccc(O)cc1. The van der Waals surface area contributed by atoms with Gasteiger partial charge in [0.2, 0.25) is 5.13 Å². The molecule has 2 N–H and O–H groups in total. The van der Waals surface area contributed by atoms with Gasteiger partial charge in [-0.1, -0.05) is 83.8 Å². The second-order valence-corrected chi connectivity index (χ2v) is 12.2. The molecule has 6 aromatic rings. The molecular weight excluding hydrogens is 583 g/mol. The number of rotatable bonds is 6. The molecule has 1 aliphatic heterocycles. The van der Waals surface area contributed by atoms with E-state index in [0.717, 1.165) is 16.3 Å². The first kappa shape index (κ1) is 26.9. The van der Waals surface area contributed by atoms with Gasteiger partial charge in [-0.2, -0.15) is 0 Å². The van der Waals surface area contributed by atoms with E-state index in [-0.39, 0.29) is 22.2 Å². The monoisotopic (exact) mass is 605 g/mol. The van der Waals surface area contributed by atoms with E-state index in [1.165, 1.54) is 40.1 Å². The maximum Gasteiger partial charge on any atom is 0.301 e. The average molecular weight is 606 g/mol. The van der Waals surface area contributed by atoms with Crippen LogP contribution in [-0.4, -0.2) is 41.5 Å². The number of hydrogen-bond acceptors (Lipinski definition) is 9. The Bertz CT molecular complexity index is 2080. The number of aliphatic hydroxyl groups is 1. The van der Waals surface area contributed by atoms with Crippen LogP contribution in [0.1, 0.15) is 28.6 Å². The standard InChI is InChI=1S/C32H23N5O4S2/c1-18-26(36-16-5-4-11-24(36)33-18)28(39)25-27(20-12-14-22(38)15-13-20)37(30(41)29(25)40)31-34-35-32(43-31)42-17-21-9-6-8-19-7-2-3-10-23(19)21/h2-16,27,38-39H,17H2,1H3. The molecule has 1 amide bonds. The van der Waals surface area contributed by atoms with Crippen molar-refractivity contribution in [3.63, 3.8) is 0 Å². The number of phenols is 1. The molecule has 0 saturated carbocycles. The predicted molar refractivity (Wildman–Crippen MR) is 166 cm³/mol. The Kier molecular flexibility index (Phi) is 6.68. The van der Waals surface area contributed by atoms with Crippen LogP contribution in [-0.2, 0) is 15.3 Å². The number of thioether (sulfide) groups is 1. The normalized spacial score (nSPS) is 16.5. The van der Waals surface area contributed by atoms with Crippen molar-refractivity contribution in [1.82, 2.24) is 19.6 Å². The maximum absolute atomic E-state index is 13.6. The van der Waals surface area contributed by atoms with Gasteiger partial charge in [-0.3, -0.25) is 18.9 Å². The molecule has 3 aromatic carbocycles. The van der Waals surface area contributed by atoms with Gasteiger partial charge < -0.3 is 10.2 Å². The van der Waals surface area contributed by atoms with Crippen LogP contribution in [0, 0.1) is 6.92 Å². The zero-order valence-corrected chi connectivity index (χ0v) is 24.3. The largest absolute Gasteiger partial charge is 0.508 e. The number of aliphatic hydroxyl groups excluding tert-OH is 1. The summed E-state index contributed by atoms with van der Waals surface area (Å²) in [6, 6.07) is 24.9. The quantitative estimate of drug-likeness (QED) is 0.0749. The number of phenolic OH excluding ortho intramolecular Hbond substituents is 1. The van der Waals surface area contributed by atoms with Crippen molar-refractivity contribution in [2.24, 2.45) is 0 Å². The number of fused-ring (bicyclic) bond motifs is 2. The number of aromatic hydroxyl groups is 1. The number of aryl methyl sites for hydroxylation is 1. The molecule has 0 aliphatic carbocycles. The van der Waals surface area contributed by atoms with Crippen molar-refractivity contribution in [2.75, 3.05) is 4.90 Å². The second kappa shape index (κ2) is 10.7. The molecule has 212 valence electrons. The van der Waals surface area contributed by atoms with Crippen molar-refractivity contribution in [3.8, 4) is 5.75 Å². The highest BCUT2D eigenvalue weighted by molar-refractivity contribution is 8.00. The number of hydrogen-bond donors (Lipinski definition) is 2. The summed E-state index contributed by atoms with van der Waals surface area (Å²) in [5.74, 6) is -1.34. The molecule has 3 aromatic heterocycles. The number of anilines is 1. The average Bonchev–Trinajstić information content (AvgIpc) is 3.69. The van der Waals surface area contributed by atoms with Crippen molar-refractivity contribution in [3.05, 3.63) is 119 Å². The van der Waals surface area contributed by atoms with Crippen molar-refractivity contribution in [1.29, 1.82) is 0 Å². The van der Waals surface area contributed by atoms with Gasteiger partial charge in [0.25, 0.3) is 5.78 Å². The summed E-state index contributed by atoms with van der Waals surface area (Å²) in [6.45, 7) is 1.73. The molecule has 1 saturated heterocycles. The number of ketones is 1. The van der Waals surface area contributed by atoms with Gasteiger partial charge >= 0.3 is 5.91 Å². The first-order chi connectivity index (χ1) is 20.9. The third kappa shape index (κ3) is 4.62. The number of nitrogens with zero attached hydrogens (tertiary/aromatic N) is 5. The van der Waals surface area contributed by atoms with Gasteiger partial charge in [0.15, 0.2) is 10.1 Å². The fraction of sp³-hybridized carbons (Fsp3) is 0.0938. The molecular formula is C32H23N5O4S2. The summed E-state index contributed by atoms with van der Waals surface area (Å²) in [5, 5.41) is 32.8. The molecule has 1 fully saturated rings. The smallest absolute Gasteiger partial charge is 0.301 e. The van der Waals surface area contributed by atoms with Crippen LogP contribution < -0.4 is 4.90 Å². The van der Waals surface area contributed by atoms with Gasteiger partial charge in [-0.05, 0) is 53.1 Å². The van der Waals surface area contributed by atoms with Crippen LogP contribution >= 0.6 is 23.1 Å². The van der Waals surface area contributed by atoms with E-state index in [1.54, 1.807) is 41.8 Å². The summed E-state index contributed by atoms with van der Waals surface area (Å²) in [5.41, 5.74) is 2.99.